The summed E-state index contributed by atoms with van der Waals surface area (Å²) >= 11 is 0. The zero-order valence-corrected chi connectivity index (χ0v) is 16.1. The van der Waals surface area contributed by atoms with E-state index >= 15 is 0 Å². The second-order valence-electron chi connectivity index (χ2n) is 7.41. The molecule has 3 rings (SSSR count). The summed E-state index contributed by atoms with van der Waals surface area (Å²) in [5, 5.41) is 10.8. The van der Waals surface area contributed by atoms with Crippen molar-refractivity contribution in [2.75, 3.05) is 26.2 Å². The first kappa shape index (κ1) is 19.5. The number of nitrogens with zero attached hydrogens (tertiary/aromatic N) is 4. The lowest BCUT2D eigenvalue weighted by Gasteiger charge is -2.30. The summed E-state index contributed by atoms with van der Waals surface area (Å²) in [5.41, 5.74) is 0.773. The molecule has 0 unspecified atom stereocenters. The molecule has 1 saturated heterocycles. The molecule has 0 bridgehead atoms. The maximum absolute atomic E-state index is 13.9. The van der Waals surface area contributed by atoms with E-state index in [9.17, 15) is 9.18 Å². The Bertz CT molecular complexity index is 754. The molecule has 1 aromatic heterocycles. The van der Waals surface area contributed by atoms with Crippen LogP contribution >= 0.6 is 0 Å². The number of benzene rings is 1. The van der Waals surface area contributed by atoms with E-state index in [0.29, 0.717) is 12.1 Å². The van der Waals surface area contributed by atoms with Crippen LogP contribution in [0.3, 0.4) is 0 Å². The Kier molecular flexibility index (Phi) is 6.55. The summed E-state index contributed by atoms with van der Waals surface area (Å²) in [6.45, 7) is 8.05. The van der Waals surface area contributed by atoms with E-state index in [4.69, 9.17) is 0 Å². The maximum Gasteiger partial charge on any atom is 0.273 e. The first-order valence-electron chi connectivity index (χ1n) is 9.71. The lowest BCUT2D eigenvalue weighted by molar-refractivity contribution is 0.0945. The van der Waals surface area contributed by atoms with Gasteiger partial charge in [-0.25, -0.2) is 9.07 Å². The van der Waals surface area contributed by atoms with Crippen molar-refractivity contribution in [2.45, 2.75) is 39.2 Å². The average Bonchev–Trinajstić information content (AvgIpc) is 3.17. The number of aromatic nitrogens is 3. The Labute approximate surface area is 159 Å². The van der Waals surface area contributed by atoms with Crippen molar-refractivity contribution in [1.29, 1.82) is 0 Å². The Balaban J connectivity index is 1.46. The average molecular weight is 373 g/mol. The number of carbonyl (C=O) groups is 1. The predicted octanol–water partition coefficient (Wildman–Crippen LogP) is 2.88. The summed E-state index contributed by atoms with van der Waals surface area (Å²) in [6, 6.07) is 6.22. The number of rotatable bonds is 7. The van der Waals surface area contributed by atoms with Gasteiger partial charge in [-0.3, -0.25) is 4.79 Å². The second-order valence-corrected chi connectivity index (χ2v) is 7.41. The van der Waals surface area contributed by atoms with E-state index in [0.717, 1.165) is 32.0 Å². The number of likely N-dealkylation sites (tertiary alicyclic amines) is 1. The van der Waals surface area contributed by atoms with Gasteiger partial charge in [0, 0.05) is 12.1 Å². The zero-order chi connectivity index (χ0) is 19.2. The van der Waals surface area contributed by atoms with Gasteiger partial charge in [0.05, 0.1) is 12.2 Å². The summed E-state index contributed by atoms with van der Waals surface area (Å²) in [6.07, 6.45) is 5.00. The fourth-order valence-corrected chi connectivity index (χ4v) is 3.41. The van der Waals surface area contributed by atoms with Gasteiger partial charge in [-0.05, 0) is 57.8 Å². The first-order valence-corrected chi connectivity index (χ1v) is 9.71. The standard InChI is InChI=1S/C20H28FN5O/c1-15-8-12-25(13-9-15)11-5-10-22-20(27)19-14-26(24-23-19)16(2)17-6-3-4-7-18(17)21/h3-4,6-7,14-16H,5,8-13H2,1-2H3,(H,22,27)/t16-/m0/s1. The molecular weight excluding hydrogens is 345 g/mol. The monoisotopic (exact) mass is 373 g/mol. The molecule has 6 nitrogen and oxygen atoms in total. The molecule has 0 radical (unpaired) electrons. The van der Waals surface area contributed by atoms with Crippen LogP contribution in [0.5, 0.6) is 0 Å². The van der Waals surface area contributed by atoms with E-state index in [1.807, 2.05) is 6.92 Å². The number of hydrogen-bond acceptors (Lipinski definition) is 4. The Hall–Kier alpha value is -2.28. The summed E-state index contributed by atoms with van der Waals surface area (Å²) in [5.74, 6) is 0.295. The summed E-state index contributed by atoms with van der Waals surface area (Å²) in [4.78, 5) is 14.7. The molecule has 0 spiro atoms. The predicted molar refractivity (Wildman–Crippen MR) is 102 cm³/mol. The molecule has 0 aliphatic carbocycles. The van der Waals surface area contributed by atoms with Gasteiger partial charge in [0.25, 0.3) is 5.91 Å². The molecule has 2 heterocycles. The molecule has 1 aliphatic heterocycles. The van der Waals surface area contributed by atoms with Gasteiger partial charge in [0.2, 0.25) is 0 Å². The highest BCUT2D eigenvalue weighted by atomic mass is 19.1. The van der Waals surface area contributed by atoms with Crippen LogP contribution in [0.4, 0.5) is 4.39 Å². The van der Waals surface area contributed by atoms with Crippen LogP contribution in [0.15, 0.2) is 30.5 Å². The molecule has 2 aromatic rings. The van der Waals surface area contributed by atoms with Crippen LogP contribution in [-0.2, 0) is 0 Å². The minimum Gasteiger partial charge on any atom is -0.351 e. The molecular formula is C20H28FN5O. The highest BCUT2D eigenvalue weighted by Crippen LogP contribution is 2.20. The van der Waals surface area contributed by atoms with Crippen LogP contribution in [0.1, 0.15) is 55.2 Å². The second kappa shape index (κ2) is 9.08. The van der Waals surface area contributed by atoms with E-state index in [1.165, 1.54) is 23.6 Å². The topological polar surface area (TPSA) is 63.1 Å². The fourth-order valence-electron chi connectivity index (χ4n) is 3.41. The first-order chi connectivity index (χ1) is 13.0. The van der Waals surface area contributed by atoms with Crippen LogP contribution in [-0.4, -0.2) is 52.0 Å². The SMILES string of the molecule is CC1CCN(CCCNC(=O)c2cn([C@@H](C)c3ccccc3F)nn2)CC1. The molecule has 0 saturated carbocycles. The van der Waals surface area contributed by atoms with Crippen LogP contribution in [0, 0.1) is 11.7 Å². The van der Waals surface area contributed by atoms with Crippen molar-refractivity contribution in [1.82, 2.24) is 25.2 Å². The van der Waals surface area contributed by atoms with E-state index in [2.05, 4.69) is 27.5 Å². The molecule has 146 valence electrons. The van der Waals surface area contributed by atoms with Crippen LogP contribution in [0.25, 0.3) is 0 Å². The van der Waals surface area contributed by atoms with Crippen molar-refractivity contribution in [2.24, 2.45) is 5.92 Å². The molecule has 1 amide bonds. The van der Waals surface area contributed by atoms with Gasteiger partial charge < -0.3 is 10.2 Å². The normalized spacial score (nSPS) is 17.0. The number of nitrogens with one attached hydrogen (secondary N) is 1. The highest BCUT2D eigenvalue weighted by molar-refractivity contribution is 5.91. The Morgan fingerprint density at radius 1 is 1.33 bits per heavy atom. The molecule has 1 aliphatic rings. The third-order valence-corrected chi connectivity index (χ3v) is 5.31. The lowest BCUT2D eigenvalue weighted by atomic mass is 9.99. The molecule has 7 heteroatoms. The van der Waals surface area contributed by atoms with Crippen LogP contribution < -0.4 is 5.32 Å². The lowest BCUT2D eigenvalue weighted by Crippen LogP contribution is -2.35. The van der Waals surface area contributed by atoms with Gasteiger partial charge in [0.15, 0.2) is 5.69 Å². The van der Waals surface area contributed by atoms with Crippen molar-refractivity contribution in [3.8, 4) is 0 Å². The minimum absolute atomic E-state index is 0.241. The highest BCUT2D eigenvalue weighted by Gasteiger charge is 2.18. The smallest absolute Gasteiger partial charge is 0.273 e. The van der Waals surface area contributed by atoms with Crippen LogP contribution in [0.2, 0.25) is 0 Å². The fraction of sp³-hybridized carbons (Fsp3) is 0.550. The van der Waals surface area contributed by atoms with E-state index in [-0.39, 0.29) is 23.5 Å². The Morgan fingerprint density at radius 3 is 2.81 bits per heavy atom. The van der Waals surface area contributed by atoms with Crippen molar-refractivity contribution < 1.29 is 9.18 Å². The van der Waals surface area contributed by atoms with Gasteiger partial charge in [0.1, 0.15) is 5.82 Å². The number of hydrogen-bond donors (Lipinski definition) is 1. The van der Waals surface area contributed by atoms with Gasteiger partial charge >= 0.3 is 0 Å². The summed E-state index contributed by atoms with van der Waals surface area (Å²) < 4.78 is 15.4. The largest absolute Gasteiger partial charge is 0.351 e. The van der Waals surface area contributed by atoms with Crippen molar-refractivity contribution in [3.63, 3.8) is 0 Å². The number of halogens is 1. The van der Waals surface area contributed by atoms with Gasteiger partial charge in [-0.1, -0.05) is 30.3 Å². The number of piperidine rings is 1. The molecule has 1 fully saturated rings. The third-order valence-electron chi connectivity index (χ3n) is 5.31. The van der Waals surface area contributed by atoms with Gasteiger partial charge in [-0.15, -0.1) is 5.10 Å². The molecule has 27 heavy (non-hydrogen) atoms. The van der Waals surface area contributed by atoms with Crippen molar-refractivity contribution in [3.05, 3.63) is 47.5 Å². The molecule has 1 aromatic carbocycles. The maximum atomic E-state index is 13.9. The summed E-state index contributed by atoms with van der Waals surface area (Å²) in [7, 11) is 0. The van der Waals surface area contributed by atoms with Crippen molar-refractivity contribution >= 4 is 5.91 Å². The van der Waals surface area contributed by atoms with E-state index in [1.54, 1.807) is 24.4 Å². The van der Waals surface area contributed by atoms with E-state index < -0.39 is 0 Å². The number of carbonyl (C=O) groups excluding carboxylic acids is 1. The Morgan fingerprint density at radius 2 is 2.07 bits per heavy atom. The quantitative estimate of drug-likeness (QED) is 0.758. The third kappa shape index (κ3) is 5.13. The minimum atomic E-state index is -0.332. The molecule has 1 N–H and O–H groups in total. The number of amides is 1. The molecule has 1 atom stereocenters. The zero-order valence-electron chi connectivity index (χ0n) is 16.1. The van der Waals surface area contributed by atoms with Gasteiger partial charge in [-0.2, -0.15) is 0 Å².